The van der Waals surface area contributed by atoms with Gasteiger partial charge in [0.05, 0.1) is 46.9 Å². The van der Waals surface area contributed by atoms with Crippen LogP contribution in [-0.2, 0) is 4.79 Å². The molecular formula is C19H23N3O5. The molecule has 0 saturated heterocycles. The molecule has 2 aromatic carbocycles. The molecule has 0 unspecified atom stereocenters. The number of rotatable bonds is 9. The van der Waals surface area contributed by atoms with Gasteiger partial charge in [0.25, 0.3) is 5.91 Å². The number of hydrazone groups is 1. The van der Waals surface area contributed by atoms with E-state index in [0.717, 1.165) is 5.69 Å². The Morgan fingerprint density at radius 1 is 0.926 bits per heavy atom. The number of nitrogens with zero attached hydrogens (tertiary/aromatic N) is 1. The average molecular weight is 373 g/mol. The molecule has 0 aromatic heterocycles. The zero-order chi connectivity index (χ0) is 19.6. The molecule has 144 valence electrons. The topological polar surface area (TPSA) is 90.4 Å². The first-order chi connectivity index (χ1) is 13.1. The Morgan fingerprint density at radius 3 is 2.30 bits per heavy atom. The molecule has 0 aliphatic rings. The van der Waals surface area contributed by atoms with Crippen LogP contribution in [-0.4, -0.2) is 47.1 Å². The third-order valence-electron chi connectivity index (χ3n) is 3.67. The van der Waals surface area contributed by atoms with Gasteiger partial charge < -0.3 is 24.3 Å². The van der Waals surface area contributed by atoms with Crippen molar-refractivity contribution in [2.75, 3.05) is 40.3 Å². The highest BCUT2D eigenvalue weighted by Crippen LogP contribution is 2.38. The van der Waals surface area contributed by atoms with Gasteiger partial charge in [0.2, 0.25) is 5.75 Å². The average Bonchev–Trinajstić information content (AvgIpc) is 2.71. The molecule has 0 spiro atoms. The summed E-state index contributed by atoms with van der Waals surface area (Å²) in [6.45, 7) is 0.0424. The van der Waals surface area contributed by atoms with Crippen molar-refractivity contribution in [2.24, 2.45) is 5.10 Å². The van der Waals surface area contributed by atoms with E-state index >= 15 is 0 Å². The number of hydrogen-bond acceptors (Lipinski definition) is 7. The van der Waals surface area contributed by atoms with Crippen LogP contribution >= 0.6 is 0 Å². The Bertz CT molecular complexity index is 808. The molecule has 2 N–H and O–H groups in total. The fourth-order valence-corrected chi connectivity index (χ4v) is 2.41. The molecule has 0 radical (unpaired) electrons. The van der Waals surface area contributed by atoms with E-state index in [1.807, 2.05) is 24.3 Å². The van der Waals surface area contributed by atoms with E-state index in [-0.39, 0.29) is 12.5 Å². The highest BCUT2D eigenvalue weighted by molar-refractivity contribution is 5.88. The van der Waals surface area contributed by atoms with Crippen LogP contribution < -0.4 is 29.7 Å². The lowest BCUT2D eigenvalue weighted by Crippen LogP contribution is -2.26. The SMILES string of the molecule is COc1ccccc1NCC(=O)N/N=C/c1ccc(OC)c(OC)c1OC. The van der Waals surface area contributed by atoms with Crippen molar-refractivity contribution < 1.29 is 23.7 Å². The molecule has 0 saturated carbocycles. The van der Waals surface area contributed by atoms with E-state index in [2.05, 4.69) is 15.8 Å². The van der Waals surface area contributed by atoms with Crippen molar-refractivity contribution in [1.29, 1.82) is 0 Å². The second-order valence-corrected chi connectivity index (χ2v) is 5.27. The first-order valence-corrected chi connectivity index (χ1v) is 8.12. The van der Waals surface area contributed by atoms with Crippen molar-refractivity contribution in [2.45, 2.75) is 0 Å². The number of carbonyl (C=O) groups is 1. The Kier molecular flexibility index (Phi) is 7.30. The maximum Gasteiger partial charge on any atom is 0.259 e. The summed E-state index contributed by atoms with van der Waals surface area (Å²) in [5.41, 5.74) is 3.81. The van der Waals surface area contributed by atoms with Gasteiger partial charge >= 0.3 is 0 Å². The minimum absolute atomic E-state index is 0.0424. The second kappa shape index (κ2) is 9.91. The molecule has 8 nitrogen and oxygen atoms in total. The number of nitrogens with one attached hydrogen (secondary N) is 2. The molecule has 0 fully saturated rings. The van der Waals surface area contributed by atoms with Crippen LogP contribution in [0.3, 0.4) is 0 Å². The molecule has 0 aliphatic carbocycles. The molecule has 0 atom stereocenters. The van der Waals surface area contributed by atoms with E-state index in [9.17, 15) is 4.79 Å². The number of benzene rings is 2. The third kappa shape index (κ3) is 5.04. The maximum absolute atomic E-state index is 12.0. The largest absolute Gasteiger partial charge is 0.495 e. The fraction of sp³-hybridized carbons (Fsp3) is 0.263. The van der Waals surface area contributed by atoms with Crippen molar-refractivity contribution >= 4 is 17.8 Å². The number of methoxy groups -OCH3 is 4. The molecule has 27 heavy (non-hydrogen) atoms. The number of ether oxygens (including phenoxy) is 4. The summed E-state index contributed by atoms with van der Waals surface area (Å²) < 4.78 is 21.1. The van der Waals surface area contributed by atoms with Crippen LogP contribution in [0.4, 0.5) is 5.69 Å². The Hall–Kier alpha value is -3.42. The lowest BCUT2D eigenvalue weighted by molar-refractivity contribution is -0.119. The van der Waals surface area contributed by atoms with E-state index in [1.165, 1.54) is 20.4 Å². The van der Waals surface area contributed by atoms with Crippen molar-refractivity contribution in [3.8, 4) is 23.0 Å². The molecule has 8 heteroatoms. The van der Waals surface area contributed by atoms with Crippen LogP contribution in [0.15, 0.2) is 41.5 Å². The van der Waals surface area contributed by atoms with Gasteiger partial charge in [-0.2, -0.15) is 5.10 Å². The van der Waals surface area contributed by atoms with Crippen molar-refractivity contribution in [1.82, 2.24) is 5.43 Å². The van der Waals surface area contributed by atoms with Gasteiger partial charge in [-0.3, -0.25) is 4.79 Å². The molecule has 0 bridgehead atoms. The standard InChI is InChI=1S/C19H23N3O5/c1-24-15-8-6-5-7-14(15)20-12-17(23)22-21-11-13-9-10-16(25-2)19(27-4)18(13)26-3/h5-11,20H,12H2,1-4H3,(H,22,23)/b21-11+. The summed E-state index contributed by atoms with van der Waals surface area (Å²) in [5.74, 6) is 1.80. The van der Waals surface area contributed by atoms with Gasteiger partial charge in [-0.25, -0.2) is 5.43 Å². The number of carbonyl (C=O) groups excluding carboxylic acids is 1. The van der Waals surface area contributed by atoms with Crippen LogP contribution in [0, 0.1) is 0 Å². The van der Waals surface area contributed by atoms with Crippen LogP contribution in [0.1, 0.15) is 5.56 Å². The minimum atomic E-state index is -0.309. The van der Waals surface area contributed by atoms with Crippen LogP contribution in [0.2, 0.25) is 0 Å². The number of hydrogen-bond donors (Lipinski definition) is 2. The summed E-state index contributed by atoms with van der Waals surface area (Å²) in [5, 5.41) is 6.96. The third-order valence-corrected chi connectivity index (χ3v) is 3.67. The first-order valence-electron chi connectivity index (χ1n) is 8.12. The summed E-state index contributed by atoms with van der Waals surface area (Å²) in [6.07, 6.45) is 1.47. The van der Waals surface area contributed by atoms with Crippen molar-refractivity contribution in [3.63, 3.8) is 0 Å². The lowest BCUT2D eigenvalue weighted by atomic mass is 10.2. The number of amides is 1. The summed E-state index contributed by atoms with van der Waals surface area (Å²) in [6, 6.07) is 10.8. The molecule has 1 amide bonds. The van der Waals surface area contributed by atoms with E-state index in [1.54, 1.807) is 26.4 Å². The van der Waals surface area contributed by atoms with Crippen molar-refractivity contribution in [3.05, 3.63) is 42.0 Å². The summed E-state index contributed by atoms with van der Waals surface area (Å²) >= 11 is 0. The van der Waals surface area contributed by atoms with E-state index in [4.69, 9.17) is 18.9 Å². The van der Waals surface area contributed by atoms with Gasteiger partial charge in [0, 0.05) is 5.56 Å². The van der Waals surface area contributed by atoms with Gasteiger partial charge in [0.15, 0.2) is 11.5 Å². The summed E-state index contributed by atoms with van der Waals surface area (Å²) in [7, 11) is 6.15. The normalized spacial score (nSPS) is 10.4. The first kappa shape index (κ1) is 19.9. The van der Waals surface area contributed by atoms with Gasteiger partial charge in [-0.05, 0) is 24.3 Å². The van der Waals surface area contributed by atoms with E-state index in [0.29, 0.717) is 28.6 Å². The molecular weight excluding hydrogens is 350 g/mol. The minimum Gasteiger partial charge on any atom is -0.495 e. The van der Waals surface area contributed by atoms with Gasteiger partial charge in [-0.15, -0.1) is 0 Å². The molecule has 0 heterocycles. The fourth-order valence-electron chi connectivity index (χ4n) is 2.41. The Morgan fingerprint density at radius 2 is 1.63 bits per heavy atom. The number of anilines is 1. The van der Waals surface area contributed by atoms with Gasteiger partial charge in [0.1, 0.15) is 5.75 Å². The smallest absolute Gasteiger partial charge is 0.259 e. The summed E-state index contributed by atoms with van der Waals surface area (Å²) in [4.78, 5) is 12.0. The highest BCUT2D eigenvalue weighted by Gasteiger charge is 2.14. The van der Waals surface area contributed by atoms with Gasteiger partial charge in [-0.1, -0.05) is 12.1 Å². The molecule has 0 aliphatic heterocycles. The maximum atomic E-state index is 12.0. The monoisotopic (exact) mass is 373 g/mol. The van der Waals surface area contributed by atoms with Crippen LogP contribution in [0.25, 0.3) is 0 Å². The quantitative estimate of drug-likeness (QED) is 0.518. The molecule has 2 rings (SSSR count). The predicted octanol–water partition coefficient (Wildman–Crippen LogP) is 2.28. The van der Waals surface area contributed by atoms with Crippen LogP contribution in [0.5, 0.6) is 23.0 Å². The predicted molar refractivity (Wildman–Crippen MR) is 103 cm³/mol. The zero-order valence-electron chi connectivity index (χ0n) is 15.7. The Balaban J connectivity index is 1.99. The Labute approximate surface area is 158 Å². The lowest BCUT2D eigenvalue weighted by Gasteiger charge is -2.13. The van der Waals surface area contributed by atoms with E-state index < -0.39 is 0 Å². The highest BCUT2D eigenvalue weighted by atomic mass is 16.5. The number of para-hydroxylation sites is 2. The molecule has 2 aromatic rings. The second-order valence-electron chi connectivity index (χ2n) is 5.27. The zero-order valence-corrected chi connectivity index (χ0v) is 15.7.